The largest absolute Gasteiger partial charge is 0.478 e. The van der Waals surface area contributed by atoms with E-state index in [2.05, 4.69) is 10.6 Å². The number of nitrogens with one attached hydrogen (secondary N) is 2. The second kappa shape index (κ2) is 6.47. The van der Waals surface area contributed by atoms with Crippen molar-refractivity contribution in [3.8, 4) is 0 Å². The Morgan fingerprint density at radius 2 is 1.62 bits per heavy atom. The second-order valence-corrected chi connectivity index (χ2v) is 4.88. The molecule has 2 rings (SSSR count). The van der Waals surface area contributed by atoms with Gasteiger partial charge in [-0.05, 0) is 24.3 Å². The van der Waals surface area contributed by atoms with Crippen molar-refractivity contribution in [2.45, 2.75) is 0 Å². The molecule has 0 atom stereocenters. The number of urea groups is 1. The monoisotopic (exact) mass is 324 g/mol. The van der Waals surface area contributed by atoms with Crippen LogP contribution in [-0.4, -0.2) is 17.1 Å². The predicted molar refractivity (Wildman–Crippen MR) is 82.5 cm³/mol. The van der Waals surface area contributed by atoms with Gasteiger partial charge in [0.2, 0.25) is 0 Å². The minimum absolute atomic E-state index is 0.00141. The van der Waals surface area contributed by atoms with Crippen LogP contribution in [0.1, 0.15) is 10.4 Å². The van der Waals surface area contributed by atoms with Crippen LogP contribution < -0.4 is 10.6 Å². The first-order valence-electron chi connectivity index (χ1n) is 5.83. The van der Waals surface area contributed by atoms with E-state index in [9.17, 15) is 9.59 Å². The summed E-state index contributed by atoms with van der Waals surface area (Å²) in [6.45, 7) is 0. The van der Waals surface area contributed by atoms with E-state index in [-0.39, 0.29) is 21.3 Å². The quantitative estimate of drug-likeness (QED) is 0.785. The maximum Gasteiger partial charge on any atom is 0.337 e. The van der Waals surface area contributed by atoms with Crippen molar-refractivity contribution in [2.24, 2.45) is 0 Å². The molecule has 0 aliphatic heterocycles. The van der Waals surface area contributed by atoms with Gasteiger partial charge < -0.3 is 15.7 Å². The minimum atomic E-state index is -1.21. The first kappa shape index (κ1) is 15.2. The van der Waals surface area contributed by atoms with Crippen LogP contribution in [0.5, 0.6) is 0 Å². The average Bonchev–Trinajstić information content (AvgIpc) is 2.42. The summed E-state index contributed by atoms with van der Waals surface area (Å²) < 4.78 is 0. The number of para-hydroxylation sites is 1. The lowest BCUT2D eigenvalue weighted by molar-refractivity contribution is 0.0697. The molecular weight excluding hydrogens is 315 g/mol. The number of halogens is 2. The number of anilines is 2. The van der Waals surface area contributed by atoms with E-state index in [1.54, 1.807) is 24.3 Å². The lowest BCUT2D eigenvalue weighted by Crippen LogP contribution is -2.19. The van der Waals surface area contributed by atoms with E-state index in [4.69, 9.17) is 28.3 Å². The van der Waals surface area contributed by atoms with Crippen LogP contribution in [0.15, 0.2) is 42.5 Å². The fourth-order valence-corrected chi connectivity index (χ4v) is 2.13. The topological polar surface area (TPSA) is 78.4 Å². The Morgan fingerprint density at radius 3 is 2.24 bits per heavy atom. The van der Waals surface area contributed by atoms with E-state index >= 15 is 0 Å². The van der Waals surface area contributed by atoms with Crippen molar-refractivity contribution >= 4 is 46.6 Å². The molecule has 3 N–H and O–H groups in total. The summed E-state index contributed by atoms with van der Waals surface area (Å²) >= 11 is 11.7. The van der Waals surface area contributed by atoms with Gasteiger partial charge >= 0.3 is 12.0 Å². The number of aromatic carboxylic acids is 1. The molecule has 0 bridgehead atoms. The van der Waals surface area contributed by atoms with E-state index in [0.717, 1.165) is 0 Å². The van der Waals surface area contributed by atoms with Gasteiger partial charge in [0, 0.05) is 5.69 Å². The van der Waals surface area contributed by atoms with Crippen LogP contribution in [0.3, 0.4) is 0 Å². The van der Waals surface area contributed by atoms with Gasteiger partial charge in [-0.1, -0.05) is 41.4 Å². The summed E-state index contributed by atoms with van der Waals surface area (Å²) in [5.41, 5.74) is 0.613. The fourth-order valence-electron chi connectivity index (χ4n) is 1.61. The Morgan fingerprint density at radius 1 is 0.952 bits per heavy atom. The number of carboxylic acid groups (broad SMARTS) is 1. The number of amides is 2. The third-order valence-corrected chi connectivity index (χ3v) is 3.19. The SMILES string of the molecule is O=C(Nc1ccccc1)Nc1cc(C(=O)O)c(Cl)cc1Cl. The summed E-state index contributed by atoms with van der Waals surface area (Å²) in [6, 6.07) is 10.7. The molecule has 7 heteroatoms. The lowest BCUT2D eigenvalue weighted by Gasteiger charge is -2.10. The van der Waals surface area contributed by atoms with Gasteiger partial charge in [-0.3, -0.25) is 0 Å². The minimum Gasteiger partial charge on any atom is -0.478 e. The smallest absolute Gasteiger partial charge is 0.337 e. The Hall–Kier alpha value is -2.24. The molecule has 0 heterocycles. The van der Waals surface area contributed by atoms with Crippen molar-refractivity contribution in [3.63, 3.8) is 0 Å². The molecule has 0 unspecified atom stereocenters. The third-order valence-electron chi connectivity index (χ3n) is 2.57. The maximum atomic E-state index is 11.8. The molecule has 0 fully saturated rings. The van der Waals surface area contributed by atoms with Gasteiger partial charge in [0.05, 0.1) is 21.3 Å². The van der Waals surface area contributed by atoms with Crippen LogP contribution in [0, 0.1) is 0 Å². The van der Waals surface area contributed by atoms with Crippen molar-refractivity contribution < 1.29 is 14.7 Å². The van der Waals surface area contributed by atoms with Gasteiger partial charge in [0.25, 0.3) is 0 Å². The van der Waals surface area contributed by atoms with Crippen molar-refractivity contribution in [1.29, 1.82) is 0 Å². The summed E-state index contributed by atoms with van der Waals surface area (Å²) in [5.74, 6) is -1.21. The Bertz CT molecular complexity index is 690. The van der Waals surface area contributed by atoms with E-state index in [1.807, 2.05) is 6.07 Å². The molecule has 0 aliphatic carbocycles. The molecule has 2 aromatic carbocycles. The zero-order valence-electron chi connectivity index (χ0n) is 10.6. The van der Waals surface area contributed by atoms with Crippen LogP contribution in [0.2, 0.25) is 10.0 Å². The lowest BCUT2D eigenvalue weighted by atomic mass is 10.2. The molecule has 108 valence electrons. The molecule has 0 radical (unpaired) electrons. The highest BCUT2D eigenvalue weighted by molar-refractivity contribution is 6.38. The van der Waals surface area contributed by atoms with E-state index in [1.165, 1.54) is 12.1 Å². The number of hydrogen-bond acceptors (Lipinski definition) is 2. The Balaban J connectivity index is 2.17. The van der Waals surface area contributed by atoms with Crippen LogP contribution in [-0.2, 0) is 0 Å². The van der Waals surface area contributed by atoms with Crippen LogP contribution in [0.4, 0.5) is 16.2 Å². The van der Waals surface area contributed by atoms with Crippen molar-refractivity contribution in [3.05, 3.63) is 58.1 Å². The molecular formula is C14H10Cl2N2O3. The van der Waals surface area contributed by atoms with Gasteiger partial charge in [0.15, 0.2) is 0 Å². The summed E-state index contributed by atoms with van der Waals surface area (Å²) in [4.78, 5) is 22.8. The molecule has 5 nitrogen and oxygen atoms in total. The number of hydrogen-bond donors (Lipinski definition) is 3. The van der Waals surface area contributed by atoms with E-state index in [0.29, 0.717) is 5.69 Å². The summed E-state index contributed by atoms with van der Waals surface area (Å²) in [7, 11) is 0. The molecule has 2 amide bonds. The zero-order chi connectivity index (χ0) is 15.4. The predicted octanol–water partition coefficient (Wildman–Crippen LogP) is 4.34. The molecule has 0 aliphatic rings. The number of carbonyl (C=O) groups excluding carboxylic acids is 1. The van der Waals surface area contributed by atoms with Crippen LogP contribution >= 0.6 is 23.2 Å². The molecule has 0 aromatic heterocycles. The van der Waals surface area contributed by atoms with Gasteiger partial charge in [-0.2, -0.15) is 0 Å². The first-order chi connectivity index (χ1) is 9.97. The number of carboxylic acids is 1. The first-order valence-corrected chi connectivity index (χ1v) is 6.58. The average molecular weight is 325 g/mol. The Kier molecular flexibility index (Phi) is 4.67. The number of benzene rings is 2. The molecule has 0 saturated carbocycles. The Labute approximate surface area is 130 Å². The van der Waals surface area contributed by atoms with Gasteiger partial charge in [-0.15, -0.1) is 0 Å². The molecule has 0 saturated heterocycles. The third kappa shape index (κ3) is 3.87. The number of rotatable bonds is 3. The standard InChI is InChI=1S/C14H10Cl2N2O3/c15-10-7-11(16)12(6-9(10)13(19)20)18-14(21)17-8-4-2-1-3-5-8/h1-7H,(H,19,20)(H2,17,18,21). The van der Waals surface area contributed by atoms with Crippen molar-refractivity contribution in [1.82, 2.24) is 0 Å². The summed E-state index contributed by atoms with van der Waals surface area (Å²) in [5, 5.41) is 14.2. The highest BCUT2D eigenvalue weighted by Gasteiger charge is 2.14. The highest BCUT2D eigenvalue weighted by atomic mass is 35.5. The maximum absolute atomic E-state index is 11.8. The van der Waals surface area contributed by atoms with Gasteiger partial charge in [-0.25, -0.2) is 9.59 Å². The highest BCUT2D eigenvalue weighted by Crippen LogP contribution is 2.29. The summed E-state index contributed by atoms with van der Waals surface area (Å²) in [6.07, 6.45) is 0. The normalized spacial score (nSPS) is 10.0. The zero-order valence-corrected chi connectivity index (χ0v) is 12.1. The fraction of sp³-hybridized carbons (Fsp3) is 0. The molecule has 0 spiro atoms. The van der Waals surface area contributed by atoms with Crippen molar-refractivity contribution in [2.75, 3.05) is 10.6 Å². The number of carbonyl (C=O) groups is 2. The van der Waals surface area contributed by atoms with Gasteiger partial charge in [0.1, 0.15) is 0 Å². The molecule has 21 heavy (non-hydrogen) atoms. The van der Waals surface area contributed by atoms with Crippen LogP contribution in [0.25, 0.3) is 0 Å². The molecule has 2 aromatic rings. The second-order valence-electron chi connectivity index (χ2n) is 4.06. The van der Waals surface area contributed by atoms with E-state index < -0.39 is 12.0 Å².